The molecular formula is C8H16N4. The number of rotatable bonds is 1. The lowest BCUT2D eigenvalue weighted by Gasteiger charge is -2.28. The fourth-order valence-corrected chi connectivity index (χ4v) is 1.23. The molecular weight excluding hydrogens is 152 g/mol. The molecule has 0 saturated carbocycles. The number of nitrogens with zero attached hydrogens (tertiary/aromatic N) is 3. The summed E-state index contributed by atoms with van der Waals surface area (Å²) in [5.41, 5.74) is 5.19. The Morgan fingerprint density at radius 3 is 3.00 bits per heavy atom. The van der Waals surface area contributed by atoms with Crippen molar-refractivity contribution in [2.45, 2.75) is 19.9 Å². The van der Waals surface area contributed by atoms with Gasteiger partial charge in [-0.3, -0.25) is 9.89 Å². The van der Waals surface area contributed by atoms with Crippen molar-refractivity contribution < 1.29 is 0 Å². The molecule has 0 radical (unpaired) electrons. The Labute approximate surface area is 73.2 Å². The first kappa shape index (κ1) is 9.19. The molecule has 0 aromatic carbocycles. The summed E-state index contributed by atoms with van der Waals surface area (Å²) in [5.74, 6) is 0.845. The lowest BCUT2D eigenvalue weighted by Crippen LogP contribution is -2.40. The molecule has 1 rings (SSSR count). The Kier molecular flexibility index (Phi) is 3.22. The number of aliphatic imine (C=N–C) groups is 2. The Morgan fingerprint density at radius 2 is 2.42 bits per heavy atom. The average Bonchev–Trinajstić information content (AvgIpc) is 2.05. The third kappa shape index (κ3) is 2.30. The molecule has 0 aliphatic carbocycles. The molecule has 0 amide bonds. The number of hydrogen-bond acceptors (Lipinski definition) is 3. The lowest BCUT2D eigenvalue weighted by atomic mass is 10.3. The highest BCUT2D eigenvalue weighted by atomic mass is 15.2. The van der Waals surface area contributed by atoms with Gasteiger partial charge in [-0.2, -0.15) is 0 Å². The van der Waals surface area contributed by atoms with E-state index in [4.69, 9.17) is 5.73 Å². The van der Waals surface area contributed by atoms with Gasteiger partial charge in [0.05, 0.1) is 19.4 Å². The molecule has 68 valence electrons. The molecule has 1 heterocycles. The van der Waals surface area contributed by atoms with Gasteiger partial charge < -0.3 is 5.73 Å². The van der Waals surface area contributed by atoms with E-state index in [1.54, 1.807) is 0 Å². The summed E-state index contributed by atoms with van der Waals surface area (Å²) in [4.78, 5) is 10.6. The second-order valence-corrected chi connectivity index (χ2v) is 3.14. The Bertz CT molecular complexity index is 195. The molecule has 0 spiro atoms. The van der Waals surface area contributed by atoms with E-state index in [-0.39, 0.29) is 0 Å². The van der Waals surface area contributed by atoms with Crippen molar-refractivity contribution in [2.24, 2.45) is 15.7 Å². The molecule has 4 heteroatoms. The van der Waals surface area contributed by atoms with Gasteiger partial charge in [0.1, 0.15) is 5.84 Å². The fourth-order valence-electron chi connectivity index (χ4n) is 1.23. The van der Waals surface area contributed by atoms with Crippen LogP contribution in [0.4, 0.5) is 0 Å². The van der Waals surface area contributed by atoms with Gasteiger partial charge in [0, 0.05) is 12.6 Å². The fraction of sp³-hybridized carbons (Fsp3) is 0.750. The van der Waals surface area contributed by atoms with E-state index in [0.717, 1.165) is 25.5 Å². The van der Waals surface area contributed by atoms with Crippen molar-refractivity contribution in [3.8, 4) is 0 Å². The van der Waals surface area contributed by atoms with Crippen molar-refractivity contribution in [1.29, 1.82) is 0 Å². The highest BCUT2D eigenvalue weighted by Gasteiger charge is 2.14. The van der Waals surface area contributed by atoms with E-state index in [0.29, 0.717) is 6.04 Å². The van der Waals surface area contributed by atoms with Gasteiger partial charge in [0.2, 0.25) is 0 Å². The minimum absolute atomic E-state index is 0.559. The Balaban J connectivity index is 2.53. The second kappa shape index (κ2) is 4.21. The maximum Gasteiger partial charge on any atom is 0.139 e. The summed E-state index contributed by atoms with van der Waals surface area (Å²) in [7, 11) is 0. The first-order valence-corrected chi connectivity index (χ1v) is 4.25. The van der Waals surface area contributed by atoms with Crippen molar-refractivity contribution in [3.05, 3.63) is 0 Å². The molecule has 0 fully saturated rings. The lowest BCUT2D eigenvalue weighted by molar-refractivity contribution is 0.252. The van der Waals surface area contributed by atoms with Crippen molar-refractivity contribution in [3.63, 3.8) is 0 Å². The maximum absolute atomic E-state index is 5.19. The summed E-state index contributed by atoms with van der Waals surface area (Å²) in [6.07, 6.45) is 1.31. The van der Waals surface area contributed by atoms with Crippen LogP contribution in [0.2, 0.25) is 0 Å². The molecule has 2 N–H and O–H groups in total. The third-order valence-electron chi connectivity index (χ3n) is 1.98. The van der Waals surface area contributed by atoms with E-state index >= 15 is 0 Å². The number of hydrogen-bond donors (Lipinski definition) is 1. The highest BCUT2D eigenvalue weighted by Crippen LogP contribution is 2.03. The maximum atomic E-state index is 5.19. The highest BCUT2D eigenvalue weighted by molar-refractivity contribution is 5.90. The van der Waals surface area contributed by atoms with Crippen LogP contribution in [0.3, 0.4) is 0 Å². The van der Waals surface area contributed by atoms with Crippen LogP contribution in [0.25, 0.3) is 0 Å². The van der Waals surface area contributed by atoms with Gasteiger partial charge in [-0.1, -0.05) is 0 Å². The van der Waals surface area contributed by atoms with Crippen molar-refractivity contribution in [1.82, 2.24) is 4.90 Å². The SMILES string of the molecule is CC(C)N1CCN=C(N=CN)C1. The molecule has 1 aliphatic rings. The minimum Gasteiger partial charge on any atom is -0.390 e. The normalized spacial score (nSPS) is 20.4. The second-order valence-electron chi connectivity index (χ2n) is 3.14. The predicted molar refractivity (Wildman–Crippen MR) is 51.7 cm³/mol. The van der Waals surface area contributed by atoms with Crippen molar-refractivity contribution in [2.75, 3.05) is 19.6 Å². The number of amidine groups is 1. The number of nitrogens with two attached hydrogens (primary N) is 1. The van der Waals surface area contributed by atoms with Crippen LogP contribution >= 0.6 is 0 Å². The standard InChI is InChI=1S/C8H16N4/c1-7(2)12-4-3-10-8(5-12)11-6-9/h6-7H,3-5H2,1-2H3,(H2,9,10,11). The zero-order valence-electron chi connectivity index (χ0n) is 7.70. The first-order chi connectivity index (χ1) is 5.74. The van der Waals surface area contributed by atoms with E-state index in [9.17, 15) is 0 Å². The minimum atomic E-state index is 0.559. The largest absolute Gasteiger partial charge is 0.390 e. The zero-order valence-corrected chi connectivity index (χ0v) is 7.70. The zero-order chi connectivity index (χ0) is 8.97. The summed E-state index contributed by atoms with van der Waals surface area (Å²) in [5, 5.41) is 0. The molecule has 0 unspecified atom stereocenters. The quantitative estimate of drug-likeness (QED) is 0.446. The first-order valence-electron chi connectivity index (χ1n) is 4.25. The van der Waals surface area contributed by atoms with Gasteiger partial charge >= 0.3 is 0 Å². The van der Waals surface area contributed by atoms with Gasteiger partial charge in [0.15, 0.2) is 0 Å². The van der Waals surface area contributed by atoms with Crippen LogP contribution in [0.5, 0.6) is 0 Å². The summed E-state index contributed by atoms with van der Waals surface area (Å²) in [6.45, 7) is 7.04. The molecule has 12 heavy (non-hydrogen) atoms. The smallest absolute Gasteiger partial charge is 0.139 e. The molecule has 4 nitrogen and oxygen atoms in total. The van der Waals surface area contributed by atoms with E-state index < -0.39 is 0 Å². The average molecular weight is 168 g/mol. The van der Waals surface area contributed by atoms with Crippen LogP contribution in [-0.2, 0) is 0 Å². The van der Waals surface area contributed by atoms with Crippen LogP contribution in [-0.4, -0.2) is 42.8 Å². The van der Waals surface area contributed by atoms with Gasteiger partial charge in [-0.25, -0.2) is 4.99 Å². The van der Waals surface area contributed by atoms with Crippen LogP contribution in [0, 0.1) is 0 Å². The summed E-state index contributed by atoms with van der Waals surface area (Å²) < 4.78 is 0. The molecule has 1 aliphatic heterocycles. The monoisotopic (exact) mass is 168 g/mol. The van der Waals surface area contributed by atoms with Gasteiger partial charge in [-0.05, 0) is 13.8 Å². The van der Waals surface area contributed by atoms with E-state index in [1.807, 2.05) is 0 Å². The Morgan fingerprint density at radius 1 is 1.67 bits per heavy atom. The van der Waals surface area contributed by atoms with E-state index in [2.05, 4.69) is 28.7 Å². The molecule has 0 aromatic rings. The molecule has 0 atom stereocenters. The Hall–Kier alpha value is -0.900. The van der Waals surface area contributed by atoms with Crippen LogP contribution in [0.15, 0.2) is 9.98 Å². The van der Waals surface area contributed by atoms with Gasteiger partial charge in [-0.15, -0.1) is 0 Å². The molecule has 0 aromatic heterocycles. The predicted octanol–water partition coefficient (Wildman–Crippen LogP) is 0.0959. The molecule has 0 bridgehead atoms. The summed E-state index contributed by atoms with van der Waals surface area (Å²) in [6, 6.07) is 0.559. The van der Waals surface area contributed by atoms with Gasteiger partial charge in [0.25, 0.3) is 0 Å². The third-order valence-corrected chi connectivity index (χ3v) is 1.98. The van der Waals surface area contributed by atoms with Crippen LogP contribution in [0.1, 0.15) is 13.8 Å². The van der Waals surface area contributed by atoms with Crippen LogP contribution < -0.4 is 5.73 Å². The summed E-state index contributed by atoms with van der Waals surface area (Å²) >= 11 is 0. The topological polar surface area (TPSA) is 54.0 Å². The van der Waals surface area contributed by atoms with Crippen molar-refractivity contribution >= 4 is 12.2 Å². The van der Waals surface area contributed by atoms with E-state index in [1.165, 1.54) is 6.34 Å². The molecule has 0 saturated heterocycles.